The molecule has 0 bridgehead atoms. The van der Waals surface area contributed by atoms with Gasteiger partial charge in [-0.2, -0.15) is 0 Å². The topological polar surface area (TPSA) is 58.2 Å². The fourth-order valence-electron chi connectivity index (χ4n) is 2.93. The van der Waals surface area contributed by atoms with E-state index in [4.69, 9.17) is 0 Å². The van der Waals surface area contributed by atoms with Gasteiger partial charge in [0.05, 0.1) is 6.54 Å². The maximum atomic E-state index is 12.2. The van der Waals surface area contributed by atoms with Crippen LogP contribution in [0.25, 0.3) is 11.1 Å². The van der Waals surface area contributed by atoms with Gasteiger partial charge in [0.1, 0.15) is 0 Å². The van der Waals surface area contributed by atoms with E-state index in [0.29, 0.717) is 12.1 Å². The highest BCUT2D eigenvalue weighted by molar-refractivity contribution is 5.96. The molecule has 0 saturated carbocycles. The second-order valence-corrected chi connectivity index (χ2v) is 6.57. The Balaban J connectivity index is 1.39. The molecule has 3 aromatic carbocycles. The third-order valence-electron chi connectivity index (χ3n) is 4.47. The van der Waals surface area contributed by atoms with Crippen molar-refractivity contribution in [2.24, 2.45) is 0 Å². The number of nitrogens with one attached hydrogen (secondary N) is 2. The van der Waals surface area contributed by atoms with Crippen molar-refractivity contribution >= 4 is 11.8 Å². The third-order valence-corrected chi connectivity index (χ3v) is 4.47. The van der Waals surface area contributed by atoms with E-state index in [-0.39, 0.29) is 18.4 Å². The molecule has 28 heavy (non-hydrogen) atoms. The van der Waals surface area contributed by atoms with Gasteiger partial charge in [0.15, 0.2) is 0 Å². The zero-order valence-corrected chi connectivity index (χ0v) is 15.7. The van der Waals surface area contributed by atoms with Crippen molar-refractivity contribution < 1.29 is 9.59 Å². The maximum absolute atomic E-state index is 12.2. The predicted molar refractivity (Wildman–Crippen MR) is 112 cm³/mol. The zero-order valence-electron chi connectivity index (χ0n) is 15.7. The molecule has 0 aliphatic heterocycles. The summed E-state index contributed by atoms with van der Waals surface area (Å²) in [6, 6.07) is 27.5. The highest BCUT2D eigenvalue weighted by Crippen LogP contribution is 2.19. The number of carbonyl (C=O) groups excluding carboxylic acids is 2. The Morgan fingerprint density at radius 3 is 1.96 bits per heavy atom. The molecule has 0 radical (unpaired) electrons. The van der Waals surface area contributed by atoms with E-state index < -0.39 is 0 Å². The van der Waals surface area contributed by atoms with Crippen molar-refractivity contribution in [3.63, 3.8) is 0 Å². The smallest absolute Gasteiger partial charge is 0.251 e. The first kappa shape index (κ1) is 19.4. The standard InChI is InChI=1S/C24H24N2O2/c27-23(25-17-7-10-19-8-3-1-4-9-19)18-26-24(28)22-15-13-21(14-16-22)20-11-5-2-6-12-20/h1-6,8-9,11-16H,7,10,17-18H2,(H,25,27)(H,26,28). The number of amides is 2. The highest BCUT2D eigenvalue weighted by atomic mass is 16.2. The Hall–Kier alpha value is -3.40. The summed E-state index contributed by atoms with van der Waals surface area (Å²) in [7, 11) is 0. The first-order chi connectivity index (χ1) is 13.7. The van der Waals surface area contributed by atoms with Gasteiger partial charge >= 0.3 is 0 Å². The first-order valence-corrected chi connectivity index (χ1v) is 9.47. The number of rotatable bonds is 8. The number of aryl methyl sites for hydroxylation is 1. The normalized spacial score (nSPS) is 10.3. The van der Waals surface area contributed by atoms with Crippen LogP contribution < -0.4 is 10.6 Å². The quantitative estimate of drug-likeness (QED) is 0.591. The van der Waals surface area contributed by atoms with E-state index in [1.165, 1.54) is 5.56 Å². The molecule has 0 heterocycles. The lowest BCUT2D eigenvalue weighted by Crippen LogP contribution is -2.37. The van der Waals surface area contributed by atoms with E-state index in [2.05, 4.69) is 22.8 Å². The molecule has 3 rings (SSSR count). The zero-order chi connectivity index (χ0) is 19.6. The Morgan fingerprint density at radius 1 is 0.679 bits per heavy atom. The van der Waals surface area contributed by atoms with Crippen molar-refractivity contribution in [2.75, 3.05) is 13.1 Å². The van der Waals surface area contributed by atoms with Crippen LogP contribution in [0, 0.1) is 0 Å². The van der Waals surface area contributed by atoms with Crippen LogP contribution in [-0.4, -0.2) is 24.9 Å². The SMILES string of the molecule is O=C(CNC(=O)c1ccc(-c2ccccc2)cc1)NCCCc1ccccc1. The average Bonchev–Trinajstić information content (AvgIpc) is 2.76. The van der Waals surface area contributed by atoms with Gasteiger partial charge < -0.3 is 10.6 Å². The molecule has 0 fully saturated rings. The van der Waals surface area contributed by atoms with Gasteiger partial charge in [0.25, 0.3) is 5.91 Å². The molecule has 0 aliphatic carbocycles. The molecule has 2 amide bonds. The van der Waals surface area contributed by atoms with Crippen LogP contribution in [0.2, 0.25) is 0 Å². The summed E-state index contributed by atoms with van der Waals surface area (Å²) in [5.74, 6) is -0.429. The van der Waals surface area contributed by atoms with Gasteiger partial charge in [-0.3, -0.25) is 9.59 Å². The Bertz CT molecular complexity index is 891. The molecule has 0 unspecified atom stereocenters. The average molecular weight is 372 g/mol. The van der Waals surface area contributed by atoms with E-state index in [1.807, 2.05) is 60.7 Å². The van der Waals surface area contributed by atoms with E-state index in [9.17, 15) is 9.59 Å². The lowest BCUT2D eigenvalue weighted by molar-refractivity contribution is -0.120. The van der Waals surface area contributed by atoms with Crippen molar-refractivity contribution in [1.29, 1.82) is 0 Å². The van der Waals surface area contributed by atoms with Crippen LogP contribution >= 0.6 is 0 Å². The lowest BCUT2D eigenvalue weighted by atomic mass is 10.0. The molecule has 0 aromatic heterocycles. The van der Waals surface area contributed by atoms with Crippen LogP contribution in [0.1, 0.15) is 22.3 Å². The lowest BCUT2D eigenvalue weighted by Gasteiger charge is -2.08. The predicted octanol–water partition coefficient (Wildman–Crippen LogP) is 3.83. The minimum absolute atomic E-state index is 0.0232. The first-order valence-electron chi connectivity index (χ1n) is 9.47. The van der Waals surface area contributed by atoms with E-state index in [0.717, 1.165) is 24.0 Å². The summed E-state index contributed by atoms with van der Waals surface area (Å²) in [5.41, 5.74) is 3.94. The minimum atomic E-state index is -0.251. The van der Waals surface area contributed by atoms with Crippen LogP contribution in [-0.2, 0) is 11.2 Å². The second-order valence-electron chi connectivity index (χ2n) is 6.57. The summed E-state index contributed by atoms with van der Waals surface area (Å²) >= 11 is 0. The third kappa shape index (κ3) is 5.81. The molecular formula is C24H24N2O2. The van der Waals surface area contributed by atoms with Gasteiger partial charge in [-0.05, 0) is 41.7 Å². The van der Waals surface area contributed by atoms with Crippen molar-refractivity contribution in [3.05, 3.63) is 96.1 Å². The van der Waals surface area contributed by atoms with E-state index >= 15 is 0 Å². The van der Waals surface area contributed by atoms with Gasteiger partial charge in [-0.15, -0.1) is 0 Å². The molecule has 0 saturated heterocycles. The van der Waals surface area contributed by atoms with Crippen molar-refractivity contribution in [3.8, 4) is 11.1 Å². The van der Waals surface area contributed by atoms with Gasteiger partial charge in [-0.25, -0.2) is 0 Å². The second kappa shape index (κ2) is 10.1. The summed E-state index contributed by atoms with van der Waals surface area (Å²) < 4.78 is 0. The summed E-state index contributed by atoms with van der Waals surface area (Å²) in [5, 5.41) is 5.50. The highest BCUT2D eigenvalue weighted by Gasteiger charge is 2.08. The summed E-state index contributed by atoms with van der Waals surface area (Å²) in [6.45, 7) is 0.569. The Labute approximate surface area is 165 Å². The number of hydrogen-bond donors (Lipinski definition) is 2. The van der Waals surface area contributed by atoms with Gasteiger partial charge in [0, 0.05) is 12.1 Å². The molecular weight excluding hydrogens is 348 g/mol. The minimum Gasteiger partial charge on any atom is -0.355 e. The van der Waals surface area contributed by atoms with Gasteiger partial charge in [0.2, 0.25) is 5.91 Å². The molecule has 4 heteroatoms. The summed E-state index contributed by atoms with van der Waals surface area (Å²) in [4.78, 5) is 24.1. The largest absolute Gasteiger partial charge is 0.355 e. The Morgan fingerprint density at radius 2 is 1.29 bits per heavy atom. The van der Waals surface area contributed by atoms with Crippen molar-refractivity contribution in [2.45, 2.75) is 12.8 Å². The monoisotopic (exact) mass is 372 g/mol. The van der Waals surface area contributed by atoms with E-state index in [1.54, 1.807) is 12.1 Å². The molecule has 0 spiro atoms. The number of hydrogen-bond acceptors (Lipinski definition) is 2. The van der Waals surface area contributed by atoms with Crippen LogP contribution in [0.15, 0.2) is 84.9 Å². The molecule has 142 valence electrons. The fourth-order valence-corrected chi connectivity index (χ4v) is 2.93. The maximum Gasteiger partial charge on any atom is 0.251 e. The van der Waals surface area contributed by atoms with Crippen LogP contribution in [0.3, 0.4) is 0 Å². The number of benzene rings is 3. The summed E-state index contributed by atoms with van der Waals surface area (Å²) in [6.07, 6.45) is 1.78. The molecule has 4 nitrogen and oxygen atoms in total. The molecule has 3 aromatic rings. The van der Waals surface area contributed by atoms with Gasteiger partial charge in [-0.1, -0.05) is 72.8 Å². The Kier molecular flexibility index (Phi) is 6.96. The van der Waals surface area contributed by atoms with Crippen LogP contribution in [0.4, 0.5) is 0 Å². The molecule has 0 atom stereocenters. The fraction of sp³-hybridized carbons (Fsp3) is 0.167. The molecule has 0 aliphatic rings. The molecule has 2 N–H and O–H groups in total. The number of carbonyl (C=O) groups is 2. The van der Waals surface area contributed by atoms with Crippen LogP contribution in [0.5, 0.6) is 0 Å². The van der Waals surface area contributed by atoms with Crippen molar-refractivity contribution in [1.82, 2.24) is 10.6 Å².